The smallest absolute Gasteiger partial charge is 0.344 e. The van der Waals surface area contributed by atoms with Crippen molar-refractivity contribution in [2.45, 2.75) is 51.0 Å². The van der Waals surface area contributed by atoms with Gasteiger partial charge in [-0.15, -0.1) is 0 Å². The molecule has 0 saturated carbocycles. The fourth-order valence-corrected chi connectivity index (χ4v) is 4.84. The first kappa shape index (κ1) is 21.7. The molecule has 0 aliphatic heterocycles. The van der Waals surface area contributed by atoms with E-state index in [4.69, 9.17) is 17.0 Å². The average molecular weight is 443 g/mol. The number of halogens is 1. The van der Waals surface area contributed by atoms with Gasteiger partial charge < -0.3 is 20.5 Å². The van der Waals surface area contributed by atoms with Crippen LogP contribution in [0.5, 0.6) is 0 Å². The van der Waals surface area contributed by atoms with E-state index in [0.717, 1.165) is 66.5 Å². The number of anilines is 1. The van der Waals surface area contributed by atoms with E-state index in [0.29, 0.717) is 5.56 Å². The van der Waals surface area contributed by atoms with E-state index in [-0.39, 0.29) is 24.1 Å². The molecule has 2 aromatic carbocycles. The van der Waals surface area contributed by atoms with Gasteiger partial charge >= 0.3 is 5.97 Å². The van der Waals surface area contributed by atoms with Gasteiger partial charge in [-0.05, 0) is 85.5 Å². The molecule has 0 saturated heterocycles. The van der Waals surface area contributed by atoms with Crippen molar-refractivity contribution in [2.24, 2.45) is 0 Å². The predicted molar refractivity (Wildman–Crippen MR) is 122 cm³/mol. The standard InChI is InChI=1S/C24H27FN2O3S/c1-2-30-22(28)24(29,15-8-4-3-5-9-15)14-26-23(31)27-21-18-12-6-10-16(18)20(25)17-11-7-13-19(17)21/h3-5,8-9,29H,2,6-7,10-14H2,1H3,(H2,26,27,31). The molecule has 2 aliphatic carbocycles. The van der Waals surface area contributed by atoms with Crippen molar-refractivity contribution in [3.63, 3.8) is 0 Å². The Bertz CT molecular complexity index is 977. The van der Waals surface area contributed by atoms with Crippen LogP contribution in [0.4, 0.5) is 10.1 Å². The first-order valence-corrected chi connectivity index (χ1v) is 11.2. The van der Waals surface area contributed by atoms with Gasteiger partial charge in [-0.1, -0.05) is 30.3 Å². The SMILES string of the molecule is CCOC(=O)C(O)(CNC(=S)Nc1c2c(c(F)c3c1CCC3)CCC2)c1ccccc1. The molecule has 164 valence electrons. The third kappa shape index (κ3) is 4.04. The van der Waals surface area contributed by atoms with E-state index in [1.807, 2.05) is 6.07 Å². The van der Waals surface area contributed by atoms with Gasteiger partial charge in [0.05, 0.1) is 13.2 Å². The van der Waals surface area contributed by atoms with Gasteiger partial charge in [0, 0.05) is 5.69 Å². The molecule has 2 aromatic rings. The number of nitrogens with one attached hydrogen (secondary N) is 2. The average Bonchev–Trinajstić information content (AvgIpc) is 3.46. The summed E-state index contributed by atoms with van der Waals surface area (Å²) in [4.78, 5) is 12.6. The van der Waals surface area contributed by atoms with Gasteiger partial charge in [0.25, 0.3) is 0 Å². The number of ether oxygens (including phenoxy) is 1. The van der Waals surface area contributed by atoms with Gasteiger partial charge in [0.1, 0.15) is 5.82 Å². The molecule has 0 bridgehead atoms. The number of fused-ring (bicyclic) bond motifs is 2. The molecule has 3 N–H and O–H groups in total. The number of esters is 1. The second-order valence-electron chi connectivity index (χ2n) is 8.06. The van der Waals surface area contributed by atoms with Crippen molar-refractivity contribution in [3.05, 3.63) is 64.0 Å². The van der Waals surface area contributed by atoms with Crippen LogP contribution < -0.4 is 10.6 Å². The second kappa shape index (κ2) is 8.93. The first-order chi connectivity index (χ1) is 15.0. The predicted octanol–water partition coefficient (Wildman–Crippen LogP) is 3.54. The molecule has 5 nitrogen and oxygen atoms in total. The van der Waals surface area contributed by atoms with Crippen molar-refractivity contribution in [3.8, 4) is 0 Å². The summed E-state index contributed by atoms with van der Waals surface area (Å²) < 4.78 is 20.0. The zero-order chi connectivity index (χ0) is 22.0. The number of hydrogen-bond donors (Lipinski definition) is 3. The fraction of sp³-hybridized carbons (Fsp3) is 0.417. The monoisotopic (exact) mass is 442 g/mol. The Morgan fingerprint density at radius 3 is 2.26 bits per heavy atom. The third-order valence-corrected chi connectivity index (χ3v) is 6.42. The molecule has 1 unspecified atom stereocenters. The van der Waals surface area contributed by atoms with E-state index in [1.54, 1.807) is 31.2 Å². The quantitative estimate of drug-likeness (QED) is 0.470. The maximum absolute atomic E-state index is 14.9. The Morgan fingerprint density at radius 1 is 1.10 bits per heavy atom. The zero-order valence-corrected chi connectivity index (χ0v) is 18.4. The molecule has 0 fully saturated rings. The van der Waals surface area contributed by atoms with Crippen LogP contribution in [0, 0.1) is 5.82 Å². The molecule has 0 radical (unpaired) electrons. The summed E-state index contributed by atoms with van der Waals surface area (Å²) in [5, 5.41) is 17.7. The van der Waals surface area contributed by atoms with Gasteiger partial charge in [0.2, 0.25) is 5.60 Å². The minimum atomic E-state index is -1.88. The maximum Gasteiger partial charge on any atom is 0.344 e. The van der Waals surface area contributed by atoms with Gasteiger partial charge in [0.15, 0.2) is 5.11 Å². The van der Waals surface area contributed by atoms with Crippen LogP contribution in [0.15, 0.2) is 30.3 Å². The molecule has 7 heteroatoms. The number of thiocarbonyl (C=S) groups is 1. The highest BCUT2D eigenvalue weighted by atomic mass is 32.1. The number of benzene rings is 2. The summed E-state index contributed by atoms with van der Waals surface area (Å²) in [7, 11) is 0. The Kier molecular flexibility index (Phi) is 6.25. The summed E-state index contributed by atoms with van der Waals surface area (Å²) in [5.41, 5.74) is 3.06. The van der Waals surface area contributed by atoms with E-state index < -0.39 is 11.6 Å². The summed E-state index contributed by atoms with van der Waals surface area (Å²) >= 11 is 5.50. The number of carbonyl (C=O) groups excluding carboxylic acids is 1. The fourth-order valence-electron chi connectivity index (χ4n) is 4.66. The maximum atomic E-state index is 14.9. The molecule has 1 atom stereocenters. The van der Waals surface area contributed by atoms with Crippen molar-refractivity contribution in [1.29, 1.82) is 0 Å². The number of aliphatic hydroxyl groups is 1. The van der Waals surface area contributed by atoms with Crippen LogP contribution in [-0.4, -0.2) is 29.3 Å². The first-order valence-electron chi connectivity index (χ1n) is 10.8. The Labute approximate surface area is 187 Å². The minimum absolute atomic E-state index is 0.0369. The van der Waals surface area contributed by atoms with Crippen molar-refractivity contribution < 1.29 is 19.0 Å². The highest BCUT2D eigenvalue weighted by molar-refractivity contribution is 7.80. The molecule has 4 rings (SSSR count). The molecular weight excluding hydrogens is 415 g/mol. The van der Waals surface area contributed by atoms with Crippen molar-refractivity contribution in [2.75, 3.05) is 18.5 Å². The van der Waals surface area contributed by atoms with Gasteiger partial charge in [-0.2, -0.15) is 0 Å². The van der Waals surface area contributed by atoms with Gasteiger partial charge in [-0.3, -0.25) is 0 Å². The lowest BCUT2D eigenvalue weighted by atomic mass is 9.94. The zero-order valence-electron chi connectivity index (χ0n) is 17.6. The molecule has 0 aromatic heterocycles. The van der Waals surface area contributed by atoms with Crippen LogP contribution in [0.3, 0.4) is 0 Å². The van der Waals surface area contributed by atoms with Crippen molar-refractivity contribution in [1.82, 2.24) is 5.32 Å². The Morgan fingerprint density at radius 2 is 1.68 bits per heavy atom. The van der Waals surface area contributed by atoms with Crippen LogP contribution in [0.1, 0.15) is 47.6 Å². The largest absolute Gasteiger partial charge is 0.464 e. The molecular formula is C24H27FN2O3S. The molecule has 0 heterocycles. The number of carbonyl (C=O) groups is 1. The highest BCUT2D eigenvalue weighted by Gasteiger charge is 2.40. The summed E-state index contributed by atoms with van der Waals surface area (Å²) in [6, 6.07) is 8.66. The Hall–Kier alpha value is -2.51. The summed E-state index contributed by atoms with van der Waals surface area (Å²) in [6.07, 6.45) is 5.00. The van der Waals surface area contributed by atoms with Crippen LogP contribution in [-0.2, 0) is 40.8 Å². The topological polar surface area (TPSA) is 70.6 Å². The normalized spacial score (nSPS) is 16.2. The minimum Gasteiger partial charge on any atom is -0.464 e. The van der Waals surface area contributed by atoms with E-state index in [9.17, 15) is 14.3 Å². The third-order valence-electron chi connectivity index (χ3n) is 6.18. The summed E-state index contributed by atoms with van der Waals surface area (Å²) in [6.45, 7) is 1.70. The van der Waals surface area contributed by atoms with Crippen LogP contribution in [0.25, 0.3) is 0 Å². The number of hydrogen-bond acceptors (Lipinski definition) is 4. The highest BCUT2D eigenvalue weighted by Crippen LogP contribution is 2.40. The molecule has 0 spiro atoms. The van der Waals surface area contributed by atoms with Crippen LogP contribution in [0.2, 0.25) is 0 Å². The molecule has 0 amide bonds. The molecule has 31 heavy (non-hydrogen) atoms. The molecule has 2 aliphatic rings. The number of rotatable bonds is 6. The van der Waals surface area contributed by atoms with E-state index in [2.05, 4.69) is 10.6 Å². The van der Waals surface area contributed by atoms with E-state index in [1.165, 1.54) is 0 Å². The van der Waals surface area contributed by atoms with Crippen LogP contribution >= 0.6 is 12.2 Å². The van der Waals surface area contributed by atoms with E-state index >= 15 is 0 Å². The second-order valence-corrected chi connectivity index (χ2v) is 8.47. The Balaban J connectivity index is 1.55. The lowest BCUT2D eigenvalue weighted by Gasteiger charge is -2.27. The lowest BCUT2D eigenvalue weighted by Crippen LogP contribution is -2.48. The van der Waals surface area contributed by atoms with Gasteiger partial charge in [-0.25, -0.2) is 9.18 Å². The lowest BCUT2D eigenvalue weighted by molar-refractivity contribution is -0.165. The summed E-state index contributed by atoms with van der Waals surface area (Å²) in [5.74, 6) is -0.773. The van der Waals surface area contributed by atoms with Crippen molar-refractivity contribution >= 4 is 29.0 Å².